The lowest BCUT2D eigenvalue weighted by molar-refractivity contribution is -0.384. The number of anilines is 1. The summed E-state index contributed by atoms with van der Waals surface area (Å²) in [4.78, 5) is 10.3. The van der Waals surface area contributed by atoms with Crippen LogP contribution in [0.5, 0.6) is 0 Å². The van der Waals surface area contributed by atoms with Crippen molar-refractivity contribution in [1.82, 2.24) is 14.9 Å². The number of hydrogen-bond acceptors (Lipinski definition) is 6. The summed E-state index contributed by atoms with van der Waals surface area (Å²) in [7, 11) is 0. The van der Waals surface area contributed by atoms with Gasteiger partial charge in [0.15, 0.2) is 5.82 Å². The third kappa shape index (κ3) is 1.85. The van der Waals surface area contributed by atoms with Gasteiger partial charge in [0.2, 0.25) is 5.95 Å². The summed E-state index contributed by atoms with van der Waals surface area (Å²) in [5.74, 6) is 5.62. The Kier molecular flexibility index (Phi) is 2.56. The number of benzene rings is 1. The minimum absolute atomic E-state index is 0.0377. The van der Waals surface area contributed by atoms with Gasteiger partial charge in [0.1, 0.15) is 0 Å². The van der Waals surface area contributed by atoms with E-state index in [9.17, 15) is 10.1 Å². The van der Waals surface area contributed by atoms with E-state index in [4.69, 9.17) is 23.2 Å². The lowest BCUT2D eigenvalue weighted by Crippen LogP contribution is -2.13. The molecule has 2 aromatic rings. The highest BCUT2D eigenvalue weighted by Gasteiger charge is 2.21. The second-order valence-corrected chi connectivity index (χ2v) is 3.61. The number of nitrogens with two attached hydrogens (primary N) is 2. The molecule has 88 valence electrons. The maximum absolute atomic E-state index is 10.9. The predicted octanol–water partition coefficient (Wildman–Crippen LogP) is 0.803. The van der Waals surface area contributed by atoms with Gasteiger partial charge >= 0.3 is 0 Å². The van der Waals surface area contributed by atoms with E-state index in [1.54, 1.807) is 0 Å². The van der Waals surface area contributed by atoms with Gasteiger partial charge in [-0.3, -0.25) is 10.1 Å². The Balaban J connectivity index is 2.67. The molecule has 0 amide bonds. The van der Waals surface area contributed by atoms with Gasteiger partial charge in [-0.2, -0.15) is 0 Å². The average Bonchev–Trinajstić information content (AvgIpc) is 2.60. The van der Waals surface area contributed by atoms with Crippen LogP contribution in [-0.2, 0) is 0 Å². The van der Waals surface area contributed by atoms with E-state index in [1.165, 1.54) is 18.2 Å². The molecule has 0 fully saturated rings. The molecule has 8 nitrogen and oxygen atoms in total. The van der Waals surface area contributed by atoms with Crippen LogP contribution in [0, 0.1) is 10.1 Å². The zero-order valence-corrected chi connectivity index (χ0v) is 9.13. The Morgan fingerprint density at radius 2 is 2.12 bits per heavy atom. The Hall–Kier alpha value is -2.35. The molecule has 0 saturated heterocycles. The summed E-state index contributed by atoms with van der Waals surface area (Å²) in [6, 6.07) is 4.14. The predicted molar refractivity (Wildman–Crippen MR) is 61.7 cm³/mol. The van der Waals surface area contributed by atoms with Crippen molar-refractivity contribution < 1.29 is 4.92 Å². The molecular formula is C8H7ClN6O2. The summed E-state index contributed by atoms with van der Waals surface area (Å²) in [5.41, 5.74) is 5.39. The van der Waals surface area contributed by atoms with Gasteiger partial charge in [-0.1, -0.05) is 11.6 Å². The van der Waals surface area contributed by atoms with Gasteiger partial charge in [0, 0.05) is 11.1 Å². The van der Waals surface area contributed by atoms with Crippen LogP contribution in [0.25, 0.3) is 11.4 Å². The number of aromatic nitrogens is 3. The molecule has 0 saturated carbocycles. The fourth-order valence-electron chi connectivity index (χ4n) is 1.33. The Morgan fingerprint density at radius 1 is 1.41 bits per heavy atom. The van der Waals surface area contributed by atoms with Crippen LogP contribution in [0.1, 0.15) is 0 Å². The molecule has 0 aliphatic rings. The van der Waals surface area contributed by atoms with Crippen LogP contribution in [0.4, 0.5) is 11.6 Å². The van der Waals surface area contributed by atoms with E-state index < -0.39 is 4.92 Å². The minimum Gasteiger partial charge on any atom is -0.366 e. The third-order valence-electron chi connectivity index (χ3n) is 2.12. The van der Waals surface area contributed by atoms with Crippen molar-refractivity contribution in [1.29, 1.82) is 0 Å². The van der Waals surface area contributed by atoms with Crippen molar-refractivity contribution in [3.8, 4) is 11.4 Å². The molecule has 0 unspecified atom stereocenters. The number of rotatable bonds is 2. The normalized spacial score (nSPS) is 10.4. The molecular weight excluding hydrogens is 248 g/mol. The summed E-state index contributed by atoms with van der Waals surface area (Å²) in [5, 5.41) is 18.3. The number of nitro benzene ring substituents is 1. The van der Waals surface area contributed by atoms with Gasteiger partial charge in [-0.05, 0) is 12.1 Å². The molecule has 0 aliphatic heterocycles. The maximum Gasteiger partial charge on any atom is 0.281 e. The molecule has 0 atom stereocenters. The van der Waals surface area contributed by atoms with Crippen molar-refractivity contribution in [2.45, 2.75) is 0 Å². The first kappa shape index (κ1) is 11.1. The lowest BCUT2D eigenvalue weighted by atomic mass is 10.1. The molecule has 0 aliphatic carbocycles. The van der Waals surface area contributed by atoms with Crippen LogP contribution in [0.2, 0.25) is 5.02 Å². The van der Waals surface area contributed by atoms with Gasteiger partial charge in [-0.15, -0.1) is 10.2 Å². The molecule has 1 heterocycles. The summed E-state index contributed by atoms with van der Waals surface area (Å²) >= 11 is 5.69. The molecule has 1 aromatic heterocycles. The Morgan fingerprint density at radius 3 is 2.65 bits per heavy atom. The quantitative estimate of drug-likeness (QED) is 0.464. The molecule has 0 spiro atoms. The Labute approximate surface area is 99.9 Å². The van der Waals surface area contributed by atoms with Crippen molar-refractivity contribution in [3.63, 3.8) is 0 Å². The first-order chi connectivity index (χ1) is 8.00. The molecule has 0 radical (unpaired) electrons. The second kappa shape index (κ2) is 3.91. The van der Waals surface area contributed by atoms with Crippen molar-refractivity contribution >= 4 is 23.2 Å². The highest BCUT2D eigenvalue weighted by Crippen LogP contribution is 2.30. The van der Waals surface area contributed by atoms with Crippen LogP contribution >= 0.6 is 11.6 Å². The number of nitrogen functional groups attached to an aromatic ring is 2. The number of nitro groups is 1. The summed E-state index contributed by atoms with van der Waals surface area (Å²) in [6.45, 7) is 0. The first-order valence-electron chi connectivity index (χ1n) is 4.41. The fraction of sp³-hybridized carbons (Fsp3) is 0. The zero-order valence-electron chi connectivity index (χ0n) is 8.37. The van der Waals surface area contributed by atoms with Gasteiger partial charge in [-0.25, -0.2) is 4.68 Å². The van der Waals surface area contributed by atoms with Gasteiger partial charge < -0.3 is 11.6 Å². The minimum atomic E-state index is -0.577. The monoisotopic (exact) mass is 254 g/mol. The van der Waals surface area contributed by atoms with E-state index in [2.05, 4.69) is 10.2 Å². The maximum atomic E-state index is 10.9. The van der Waals surface area contributed by atoms with Crippen molar-refractivity contribution in [2.24, 2.45) is 0 Å². The van der Waals surface area contributed by atoms with Crippen LogP contribution in [0.15, 0.2) is 18.2 Å². The van der Waals surface area contributed by atoms with E-state index in [1.807, 2.05) is 0 Å². The fourth-order valence-corrected chi connectivity index (χ4v) is 1.50. The highest BCUT2D eigenvalue weighted by molar-refractivity contribution is 6.30. The molecule has 2 rings (SSSR count). The van der Waals surface area contributed by atoms with Crippen molar-refractivity contribution in [3.05, 3.63) is 33.3 Å². The third-order valence-corrected chi connectivity index (χ3v) is 2.35. The second-order valence-electron chi connectivity index (χ2n) is 3.17. The van der Waals surface area contributed by atoms with E-state index in [-0.39, 0.29) is 28.0 Å². The van der Waals surface area contributed by atoms with Crippen LogP contribution < -0.4 is 11.6 Å². The largest absolute Gasteiger partial charge is 0.366 e. The highest BCUT2D eigenvalue weighted by atomic mass is 35.5. The molecule has 9 heteroatoms. The molecule has 0 bridgehead atoms. The first-order valence-corrected chi connectivity index (χ1v) is 4.79. The number of halogens is 1. The van der Waals surface area contributed by atoms with Crippen molar-refractivity contribution in [2.75, 3.05) is 11.6 Å². The molecule has 4 N–H and O–H groups in total. The van der Waals surface area contributed by atoms with Crippen LogP contribution in [0.3, 0.4) is 0 Å². The summed E-state index contributed by atoms with van der Waals surface area (Å²) in [6.07, 6.45) is 0. The SMILES string of the molecule is Nc1nnc(-c2ccc(Cl)cc2[N+](=O)[O-])n1N. The van der Waals surface area contributed by atoms with Gasteiger partial charge in [0.25, 0.3) is 5.69 Å². The number of nitrogens with zero attached hydrogens (tertiary/aromatic N) is 4. The standard InChI is InChI=1S/C8H7ClN6O2/c9-4-1-2-5(6(3-4)15(16)17)7-12-13-8(10)14(7)11/h1-3H,11H2,(H2,10,13). The average molecular weight is 255 g/mol. The molecule has 17 heavy (non-hydrogen) atoms. The number of hydrogen-bond donors (Lipinski definition) is 2. The summed E-state index contributed by atoms with van der Waals surface area (Å²) < 4.78 is 0.968. The Bertz CT molecular complexity index is 596. The van der Waals surface area contributed by atoms with E-state index >= 15 is 0 Å². The van der Waals surface area contributed by atoms with E-state index in [0.29, 0.717) is 0 Å². The zero-order chi connectivity index (χ0) is 12.6. The van der Waals surface area contributed by atoms with Crippen LogP contribution in [-0.4, -0.2) is 19.8 Å². The smallest absolute Gasteiger partial charge is 0.281 e. The van der Waals surface area contributed by atoms with Gasteiger partial charge in [0.05, 0.1) is 10.5 Å². The van der Waals surface area contributed by atoms with E-state index in [0.717, 1.165) is 4.68 Å². The lowest BCUT2D eigenvalue weighted by Gasteiger charge is -2.02. The topological polar surface area (TPSA) is 126 Å². The molecule has 1 aromatic carbocycles.